The molecule has 0 amide bonds. The maximum absolute atomic E-state index is 13.5. The minimum atomic E-state index is -0.614. The molecule has 0 saturated carbocycles. The number of aliphatic imine (C=N–C) groups is 1. The molecule has 1 aliphatic rings. The van der Waals surface area contributed by atoms with Gasteiger partial charge in [-0.1, -0.05) is 15.9 Å². The minimum absolute atomic E-state index is 0.0586. The Balaban J connectivity index is 2.13. The summed E-state index contributed by atoms with van der Waals surface area (Å²) in [4.78, 5) is 5.86. The Morgan fingerprint density at radius 1 is 1.35 bits per heavy atom. The maximum Gasteiger partial charge on any atom is 0.191 e. The van der Waals surface area contributed by atoms with Gasteiger partial charge in [-0.2, -0.15) is 0 Å². The molecule has 1 aromatic rings. The van der Waals surface area contributed by atoms with E-state index < -0.39 is 11.6 Å². The van der Waals surface area contributed by atoms with Crippen LogP contribution >= 0.6 is 15.9 Å². The summed E-state index contributed by atoms with van der Waals surface area (Å²) in [5, 5.41) is 0. The Bertz CT molecular complexity index is 435. The second-order valence-corrected chi connectivity index (χ2v) is 4.78. The molecule has 2 rings (SSSR count). The summed E-state index contributed by atoms with van der Waals surface area (Å²) < 4.78 is 27.3. The van der Waals surface area contributed by atoms with E-state index in [0.29, 0.717) is 10.4 Å². The Kier molecular flexibility index (Phi) is 3.61. The standard InChI is InChI=1S/C11H12BrF2N3/c12-7-4-9(13)8(10(14)5-7)6-16-11(15)17-2-1-3-17/h4-5H,1-3,6H2,(H2,15,16). The van der Waals surface area contributed by atoms with Crippen molar-refractivity contribution in [3.05, 3.63) is 33.8 Å². The van der Waals surface area contributed by atoms with Crippen LogP contribution in [0.15, 0.2) is 21.6 Å². The summed E-state index contributed by atoms with van der Waals surface area (Å²) >= 11 is 3.02. The zero-order valence-corrected chi connectivity index (χ0v) is 10.7. The first-order valence-electron chi connectivity index (χ1n) is 5.26. The summed E-state index contributed by atoms with van der Waals surface area (Å²) in [5.41, 5.74) is 5.62. The van der Waals surface area contributed by atoms with Crippen LogP contribution in [-0.2, 0) is 6.54 Å². The highest BCUT2D eigenvalue weighted by Crippen LogP contribution is 2.20. The van der Waals surface area contributed by atoms with Crippen LogP contribution in [0.1, 0.15) is 12.0 Å². The molecule has 0 atom stereocenters. The summed E-state index contributed by atoms with van der Waals surface area (Å²) in [6.45, 7) is 1.65. The summed E-state index contributed by atoms with van der Waals surface area (Å²) in [6.07, 6.45) is 1.08. The molecule has 0 unspecified atom stereocenters. The van der Waals surface area contributed by atoms with Crippen LogP contribution < -0.4 is 5.73 Å². The van der Waals surface area contributed by atoms with Gasteiger partial charge in [0.15, 0.2) is 5.96 Å². The molecular weight excluding hydrogens is 292 g/mol. The number of nitrogens with two attached hydrogens (primary N) is 1. The van der Waals surface area contributed by atoms with Crippen molar-refractivity contribution in [1.29, 1.82) is 0 Å². The molecule has 1 fully saturated rings. The lowest BCUT2D eigenvalue weighted by molar-refractivity contribution is 0.295. The number of rotatable bonds is 2. The van der Waals surface area contributed by atoms with Gasteiger partial charge < -0.3 is 10.6 Å². The lowest BCUT2D eigenvalue weighted by Crippen LogP contribution is -2.46. The van der Waals surface area contributed by atoms with Gasteiger partial charge in [0.05, 0.1) is 6.54 Å². The Morgan fingerprint density at radius 2 is 1.94 bits per heavy atom. The largest absolute Gasteiger partial charge is 0.370 e. The van der Waals surface area contributed by atoms with E-state index >= 15 is 0 Å². The van der Waals surface area contributed by atoms with Crippen molar-refractivity contribution < 1.29 is 8.78 Å². The molecule has 1 aromatic carbocycles. The van der Waals surface area contributed by atoms with Crippen LogP contribution in [0.2, 0.25) is 0 Å². The van der Waals surface area contributed by atoms with Crippen molar-refractivity contribution in [2.45, 2.75) is 13.0 Å². The number of guanidine groups is 1. The molecular formula is C11H12BrF2N3. The van der Waals surface area contributed by atoms with Gasteiger partial charge in [0.25, 0.3) is 0 Å². The zero-order chi connectivity index (χ0) is 12.4. The molecule has 0 radical (unpaired) electrons. The van der Waals surface area contributed by atoms with Gasteiger partial charge in [-0.05, 0) is 18.6 Å². The normalized spacial score (nSPS) is 15.9. The summed E-state index contributed by atoms with van der Waals surface area (Å²) in [5.74, 6) is -0.882. The number of likely N-dealkylation sites (tertiary alicyclic amines) is 1. The molecule has 0 aliphatic carbocycles. The number of hydrogen-bond donors (Lipinski definition) is 1. The molecule has 1 saturated heterocycles. The summed E-state index contributed by atoms with van der Waals surface area (Å²) in [7, 11) is 0. The topological polar surface area (TPSA) is 41.6 Å². The third-order valence-electron chi connectivity index (χ3n) is 2.69. The minimum Gasteiger partial charge on any atom is -0.370 e. The van der Waals surface area contributed by atoms with E-state index in [9.17, 15) is 8.78 Å². The van der Waals surface area contributed by atoms with E-state index in [4.69, 9.17) is 5.73 Å². The molecule has 0 bridgehead atoms. The first-order valence-corrected chi connectivity index (χ1v) is 6.05. The van der Waals surface area contributed by atoms with Crippen LogP contribution in [-0.4, -0.2) is 23.9 Å². The molecule has 17 heavy (non-hydrogen) atoms. The van der Waals surface area contributed by atoms with E-state index in [-0.39, 0.29) is 12.1 Å². The lowest BCUT2D eigenvalue weighted by atomic mass is 10.2. The average molecular weight is 304 g/mol. The van der Waals surface area contributed by atoms with Crippen molar-refractivity contribution in [2.24, 2.45) is 10.7 Å². The van der Waals surface area contributed by atoms with Crippen LogP contribution in [0.3, 0.4) is 0 Å². The van der Waals surface area contributed by atoms with E-state index in [1.165, 1.54) is 12.1 Å². The van der Waals surface area contributed by atoms with Gasteiger partial charge in [-0.25, -0.2) is 13.8 Å². The molecule has 1 aliphatic heterocycles. The zero-order valence-electron chi connectivity index (χ0n) is 9.09. The van der Waals surface area contributed by atoms with E-state index in [0.717, 1.165) is 19.5 Å². The number of benzene rings is 1. The van der Waals surface area contributed by atoms with Crippen LogP contribution in [0.25, 0.3) is 0 Å². The van der Waals surface area contributed by atoms with Crippen LogP contribution in [0.4, 0.5) is 8.78 Å². The van der Waals surface area contributed by atoms with Gasteiger partial charge in [0.1, 0.15) is 11.6 Å². The molecule has 0 spiro atoms. The van der Waals surface area contributed by atoms with Crippen molar-refractivity contribution in [3.63, 3.8) is 0 Å². The smallest absolute Gasteiger partial charge is 0.191 e. The first-order chi connectivity index (χ1) is 8.08. The van der Waals surface area contributed by atoms with Crippen LogP contribution in [0, 0.1) is 11.6 Å². The third-order valence-corrected chi connectivity index (χ3v) is 3.14. The molecule has 1 heterocycles. The van der Waals surface area contributed by atoms with Crippen molar-refractivity contribution in [2.75, 3.05) is 13.1 Å². The predicted molar refractivity (Wildman–Crippen MR) is 65.6 cm³/mol. The van der Waals surface area contributed by atoms with E-state index in [2.05, 4.69) is 20.9 Å². The first kappa shape index (κ1) is 12.3. The maximum atomic E-state index is 13.5. The van der Waals surface area contributed by atoms with Gasteiger partial charge in [0.2, 0.25) is 0 Å². The average Bonchev–Trinajstić information content (AvgIpc) is 2.12. The second-order valence-electron chi connectivity index (χ2n) is 3.86. The van der Waals surface area contributed by atoms with Gasteiger partial charge >= 0.3 is 0 Å². The van der Waals surface area contributed by atoms with Gasteiger partial charge in [-0.3, -0.25) is 0 Å². The van der Waals surface area contributed by atoms with Crippen molar-refractivity contribution in [3.8, 4) is 0 Å². The highest BCUT2D eigenvalue weighted by Gasteiger charge is 2.16. The lowest BCUT2D eigenvalue weighted by Gasteiger charge is -2.31. The Hall–Kier alpha value is -1.17. The Morgan fingerprint density at radius 3 is 2.41 bits per heavy atom. The fraction of sp³-hybridized carbons (Fsp3) is 0.364. The fourth-order valence-electron chi connectivity index (χ4n) is 1.53. The molecule has 6 heteroatoms. The van der Waals surface area contributed by atoms with Gasteiger partial charge in [0, 0.05) is 23.1 Å². The number of nitrogens with zero attached hydrogens (tertiary/aromatic N) is 2. The van der Waals surface area contributed by atoms with Gasteiger partial charge in [-0.15, -0.1) is 0 Å². The SMILES string of the molecule is NC(=NCc1c(F)cc(Br)cc1F)N1CCC1. The Labute approximate surface area is 106 Å². The van der Waals surface area contributed by atoms with Crippen molar-refractivity contribution >= 4 is 21.9 Å². The fourth-order valence-corrected chi connectivity index (χ4v) is 1.93. The molecule has 2 N–H and O–H groups in total. The molecule has 0 aromatic heterocycles. The highest BCUT2D eigenvalue weighted by atomic mass is 79.9. The van der Waals surface area contributed by atoms with E-state index in [1.807, 2.05) is 4.90 Å². The third kappa shape index (κ3) is 2.74. The second kappa shape index (κ2) is 5.00. The monoisotopic (exact) mass is 303 g/mol. The molecule has 3 nitrogen and oxygen atoms in total. The quantitative estimate of drug-likeness (QED) is 0.672. The molecule has 92 valence electrons. The number of halogens is 3. The predicted octanol–water partition coefficient (Wildman–Crippen LogP) is 2.25. The van der Waals surface area contributed by atoms with E-state index in [1.54, 1.807) is 0 Å². The van der Waals surface area contributed by atoms with Crippen LogP contribution in [0.5, 0.6) is 0 Å². The van der Waals surface area contributed by atoms with Crippen molar-refractivity contribution in [1.82, 2.24) is 4.90 Å². The highest BCUT2D eigenvalue weighted by molar-refractivity contribution is 9.10. The summed E-state index contributed by atoms with van der Waals surface area (Å²) in [6, 6.07) is 2.43. The number of hydrogen-bond acceptors (Lipinski definition) is 1.